The fourth-order valence-electron chi connectivity index (χ4n) is 7.45. The second-order valence-electron chi connectivity index (χ2n) is 15.1. The van der Waals surface area contributed by atoms with Crippen molar-refractivity contribution < 1.29 is 61.9 Å². The summed E-state index contributed by atoms with van der Waals surface area (Å²) in [6.45, 7) is 8.93. The number of aromatic amines is 1. The third-order valence-corrected chi connectivity index (χ3v) is 12.1. The molecule has 1 aliphatic rings. The maximum absolute atomic E-state index is 14.3. The van der Waals surface area contributed by atoms with Crippen LogP contribution in [-0.4, -0.2) is 115 Å². The molecule has 22 nitrogen and oxygen atoms in total. The zero-order valence-corrected chi connectivity index (χ0v) is 37.9. The number of ketones is 1. The van der Waals surface area contributed by atoms with Crippen molar-refractivity contribution in [3.05, 3.63) is 101 Å². The van der Waals surface area contributed by atoms with Crippen molar-refractivity contribution in [2.45, 2.75) is 77.7 Å². The second-order valence-corrected chi connectivity index (χ2v) is 16.8. The van der Waals surface area contributed by atoms with Crippen molar-refractivity contribution >= 4 is 66.1 Å². The van der Waals surface area contributed by atoms with Crippen LogP contribution in [0.5, 0.6) is 0 Å². The van der Waals surface area contributed by atoms with Crippen molar-refractivity contribution in [3.63, 3.8) is 0 Å². The molecule has 1 aliphatic heterocycles. The summed E-state index contributed by atoms with van der Waals surface area (Å²) in [7, 11) is -3.74. The van der Waals surface area contributed by atoms with Gasteiger partial charge in [0.25, 0.3) is 5.91 Å². The number of unbranched alkanes of at least 4 members (excludes halogenated alkanes) is 1. The average Bonchev–Trinajstić information content (AvgIpc) is 3.63. The molecule has 0 bridgehead atoms. The van der Waals surface area contributed by atoms with Crippen molar-refractivity contribution in [1.29, 1.82) is 0 Å². The molecule has 2 amide bonds. The molecular weight excluding hydrogens is 896 g/mol. The molecule has 3 heterocycles. The summed E-state index contributed by atoms with van der Waals surface area (Å²) in [5, 5.41) is 26.2. The van der Waals surface area contributed by atoms with Crippen LogP contribution in [0.15, 0.2) is 78.2 Å². The molecular formula is C44H53N8O14P. The number of esters is 1. The third kappa shape index (κ3) is 13.9. The number of nitrogens with one attached hydrogen (secondary N) is 4. The Bertz CT molecular complexity index is 2520. The number of fused-ring (bicyclic) bond motifs is 1. The molecule has 4 aromatic rings. The highest BCUT2D eigenvalue weighted by Gasteiger charge is 2.56. The van der Waals surface area contributed by atoms with E-state index in [1.54, 1.807) is 30.9 Å². The summed E-state index contributed by atoms with van der Waals surface area (Å²) >= 11 is 0. The van der Waals surface area contributed by atoms with Gasteiger partial charge in [-0.15, -0.1) is 6.58 Å². The van der Waals surface area contributed by atoms with E-state index in [2.05, 4.69) is 42.5 Å². The molecule has 0 aliphatic carbocycles. The summed E-state index contributed by atoms with van der Waals surface area (Å²) < 4.78 is 33.9. The molecule has 23 heteroatoms. The van der Waals surface area contributed by atoms with Gasteiger partial charge in [-0.05, 0) is 69.9 Å². The number of carbonyl (C=O) groups excluding carboxylic acids is 4. The number of amides is 2. The first-order valence-corrected chi connectivity index (χ1v) is 22.8. The molecule has 6 N–H and O–H groups in total. The number of aromatic nitrogens is 4. The first-order valence-electron chi connectivity index (χ1n) is 21.4. The van der Waals surface area contributed by atoms with Gasteiger partial charge in [0.2, 0.25) is 11.9 Å². The zero-order valence-electron chi connectivity index (χ0n) is 37.0. The van der Waals surface area contributed by atoms with Gasteiger partial charge in [-0.25, -0.2) is 19.3 Å². The number of phosphoric acid groups is 1. The topological polar surface area (TPSA) is 308 Å². The first-order chi connectivity index (χ1) is 32.1. The lowest BCUT2D eigenvalue weighted by molar-refractivity contribution is -0.154. The number of carboxylic acids is 2. The molecule has 2 aromatic heterocycles. The van der Waals surface area contributed by atoms with Gasteiger partial charge < -0.3 is 30.6 Å². The van der Waals surface area contributed by atoms with Crippen LogP contribution in [0.1, 0.15) is 68.1 Å². The van der Waals surface area contributed by atoms with Gasteiger partial charge in [0.15, 0.2) is 11.2 Å². The number of carbonyl (C=O) groups is 6. The maximum atomic E-state index is 14.3. The van der Waals surface area contributed by atoms with Crippen LogP contribution in [0.3, 0.4) is 0 Å². The Balaban J connectivity index is 1.28. The number of Topliss-reactive ketones (excluding diaryl/α,β-unsaturated/α-hetero) is 1. The summed E-state index contributed by atoms with van der Waals surface area (Å²) in [5.74, 6) is -8.08. The van der Waals surface area contributed by atoms with E-state index in [4.69, 9.17) is 23.4 Å². The number of phosphoric ester groups is 1. The normalized spacial score (nSPS) is 17.6. The second kappa shape index (κ2) is 24.2. The highest BCUT2D eigenvalue weighted by Crippen LogP contribution is 2.49. The van der Waals surface area contributed by atoms with Crippen molar-refractivity contribution in [2.24, 2.45) is 11.8 Å². The van der Waals surface area contributed by atoms with Crippen LogP contribution in [0.25, 0.3) is 11.2 Å². The third-order valence-electron chi connectivity index (χ3n) is 10.5. The van der Waals surface area contributed by atoms with Crippen LogP contribution in [0, 0.1) is 11.8 Å². The van der Waals surface area contributed by atoms with E-state index < -0.39 is 85.3 Å². The average molecular weight is 949 g/mol. The molecule has 2 unspecified atom stereocenters. The highest BCUT2D eigenvalue weighted by atomic mass is 31.2. The Kier molecular flexibility index (Phi) is 18.5. The number of hydrogen-bond donors (Lipinski definition) is 6. The standard InChI is InChI=1S/C44H53N8O14P/c1-5-32-34(35(37(26(4)53)52(32)25-27-13-9-8-10-14-27)43(61)63-21-11-12-22-66-67(62,64-6-2)65-7-3)40(57)50-44-49-38-36(41(58)51-44)47-30(24-46-38)23-45-29-17-15-28(16-18-29)39(56)48-31(42(59)60)19-20-33(54)55/h5,8-10,13-18,24,31-32,34-35,37,45H,1,6-7,11-12,19-23,25H2,2-4H3,(H,48,56)(H,54,55)(H,59,60)(H2,46,49,50,51,57,58)/t31-,32-,34?,35?,37+/m1/s1. The van der Waals surface area contributed by atoms with E-state index in [0.717, 1.165) is 5.56 Å². The summed E-state index contributed by atoms with van der Waals surface area (Å²) in [5.41, 5.74) is 0.783. The number of H-pyrrole nitrogens is 1. The lowest BCUT2D eigenvalue weighted by atomic mass is 9.85. The number of anilines is 2. The molecule has 1 saturated heterocycles. The minimum absolute atomic E-state index is 0.0129. The van der Waals surface area contributed by atoms with Gasteiger partial charge in [-0.2, -0.15) is 4.98 Å². The Morgan fingerprint density at radius 1 is 0.940 bits per heavy atom. The van der Waals surface area contributed by atoms with E-state index in [9.17, 15) is 43.2 Å². The number of aliphatic carboxylic acids is 2. The van der Waals surface area contributed by atoms with E-state index in [0.29, 0.717) is 17.8 Å². The first kappa shape index (κ1) is 51.3. The fourth-order valence-corrected chi connectivity index (χ4v) is 8.66. The minimum atomic E-state index is -3.74. The zero-order chi connectivity index (χ0) is 48.7. The Morgan fingerprint density at radius 2 is 1.63 bits per heavy atom. The summed E-state index contributed by atoms with van der Waals surface area (Å²) in [6, 6.07) is 11.8. The lowest BCUT2D eigenvalue weighted by Crippen LogP contribution is -2.43. The number of ether oxygens (including phenoxy) is 1. The molecule has 0 saturated carbocycles. The van der Waals surface area contributed by atoms with Crippen LogP contribution < -0.4 is 21.5 Å². The highest BCUT2D eigenvalue weighted by molar-refractivity contribution is 7.48. The van der Waals surface area contributed by atoms with Crippen molar-refractivity contribution in [1.82, 2.24) is 30.2 Å². The predicted octanol–water partition coefficient (Wildman–Crippen LogP) is 4.09. The molecule has 358 valence electrons. The molecule has 0 spiro atoms. The number of benzene rings is 2. The van der Waals surface area contributed by atoms with Crippen LogP contribution in [0.2, 0.25) is 0 Å². The Hall–Kier alpha value is -6.71. The fraction of sp³-hybridized carbons (Fsp3) is 0.409. The Labute approximate surface area is 384 Å². The van der Waals surface area contributed by atoms with E-state index in [1.165, 1.54) is 31.3 Å². The van der Waals surface area contributed by atoms with Gasteiger partial charge >= 0.3 is 31.3 Å². The number of rotatable bonds is 26. The van der Waals surface area contributed by atoms with Gasteiger partial charge in [0.1, 0.15) is 11.8 Å². The molecule has 67 heavy (non-hydrogen) atoms. The predicted molar refractivity (Wildman–Crippen MR) is 241 cm³/mol. The summed E-state index contributed by atoms with van der Waals surface area (Å²) in [6.07, 6.45) is 2.73. The maximum Gasteiger partial charge on any atom is 0.474 e. The summed E-state index contributed by atoms with van der Waals surface area (Å²) in [4.78, 5) is 107. The van der Waals surface area contributed by atoms with Crippen LogP contribution in [-0.2, 0) is 59.9 Å². The number of hydrogen-bond acceptors (Lipinski definition) is 17. The van der Waals surface area contributed by atoms with E-state index in [1.807, 2.05) is 30.3 Å². The van der Waals surface area contributed by atoms with Gasteiger partial charge in [0, 0.05) is 30.3 Å². The number of carboxylic acid groups (broad SMARTS) is 2. The quantitative estimate of drug-likeness (QED) is 0.0223. The minimum Gasteiger partial charge on any atom is -0.481 e. The van der Waals surface area contributed by atoms with Crippen molar-refractivity contribution in [3.8, 4) is 0 Å². The molecule has 5 rings (SSSR count). The number of likely N-dealkylation sites (tertiary alicyclic amines) is 1. The molecule has 2 aromatic carbocycles. The van der Waals surface area contributed by atoms with E-state index in [-0.39, 0.29) is 75.0 Å². The lowest BCUT2D eigenvalue weighted by Gasteiger charge is -2.28. The molecule has 5 atom stereocenters. The van der Waals surface area contributed by atoms with Crippen LogP contribution >= 0.6 is 7.82 Å². The van der Waals surface area contributed by atoms with Crippen LogP contribution in [0.4, 0.5) is 11.6 Å². The SMILES string of the molecule is C=C[C@@H]1C(C(=O)Nc2nc(=O)c3nc(CNc4ccc(C(=O)N[C@H](CCC(=O)O)C(=O)O)cc4)cnc3[nH]2)C(C(=O)OCCCCOP(=O)(OCC)OCC)[C@H](C(C)=O)N1Cc1ccccc1. The van der Waals surface area contributed by atoms with Gasteiger partial charge in [-0.3, -0.25) is 52.6 Å². The monoisotopic (exact) mass is 948 g/mol. The van der Waals surface area contributed by atoms with E-state index >= 15 is 0 Å². The smallest absolute Gasteiger partial charge is 0.474 e. The van der Waals surface area contributed by atoms with Crippen molar-refractivity contribution in [2.75, 3.05) is 37.1 Å². The molecule has 1 fully saturated rings. The van der Waals surface area contributed by atoms with Gasteiger partial charge in [-0.1, -0.05) is 36.4 Å². The Morgan fingerprint density at radius 3 is 2.25 bits per heavy atom. The van der Waals surface area contributed by atoms with Gasteiger partial charge in [0.05, 0.1) is 62.7 Å². The largest absolute Gasteiger partial charge is 0.481 e. The number of nitrogens with zero attached hydrogens (tertiary/aromatic N) is 4. The molecule has 0 radical (unpaired) electrons.